The maximum atomic E-state index is 13.5. The van der Waals surface area contributed by atoms with Crippen LogP contribution in [-0.4, -0.2) is 6.43 Å². The van der Waals surface area contributed by atoms with Crippen LogP contribution in [0.3, 0.4) is 0 Å². The minimum atomic E-state index is -2.30. The molecule has 1 aromatic rings. The summed E-state index contributed by atoms with van der Waals surface area (Å²) in [6, 6.07) is 7.41. The van der Waals surface area contributed by atoms with Gasteiger partial charge in [-0.25, -0.2) is 8.78 Å². The summed E-state index contributed by atoms with van der Waals surface area (Å²) in [6.07, 6.45) is 1.73. The van der Waals surface area contributed by atoms with Gasteiger partial charge in [-0.1, -0.05) is 43.5 Å². The van der Waals surface area contributed by atoms with E-state index >= 15 is 0 Å². The standard InChI is InChI=1S/C14H19F2N/c15-13(16)14(8-4-1-5-9-14)12-7-3-2-6-11(12)10-17/h2-3,6-7,13H,1,4-5,8-10,17H2. The smallest absolute Gasteiger partial charge is 0.248 e. The third-order valence-electron chi connectivity index (χ3n) is 3.94. The van der Waals surface area contributed by atoms with Gasteiger partial charge in [0.2, 0.25) is 6.43 Å². The Morgan fingerprint density at radius 3 is 2.35 bits per heavy atom. The van der Waals surface area contributed by atoms with Crippen molar-refractivity contribution >= 4 is 0 Å². The number of halogens is 2. The second-order valence-corrected chi connectivity index (χ2v) is 4.88. The summed E-state index contributed by atoms with van der Waals surface area (Å²) in [6.45, 7) is 0.338. The van der Waals surface area contributed by atoms with Crippen LogP contribution in [0.15, 0.2) is 24.3 Å². The Hall–Kier alpha value is -0.960. The number of hydrogen-bond acceptors (Lipinski definition) is 1. The Morgan fingerprint density at radius 1 is 1.12 bits per heavy atom. The van der Waals surface area contributed by atoms with Gasteiger partial charge in [0.15, 0.2) is 0 Å². The molecule has 0 aromatic heterocycles. The Labute approximate surface area is 101 Å². The zero-order chi connectivity index (χ0) is 12.3. The minimum Gasteiger partial charge on any atom is -0.326 e. The van der Waals surface area contributed by atoms with E-state index in [9.17, 15) is 8.78 Å². The molecule has 0 aliphatic heterocycles. The van der Waals surface area contributed by atoms with E-state index in [0.29, 0.717) is 19.4 Å². The van der Waals surface area contributed by atoms with Crippen molar-refractivity contribution in [2.24, 2.45) is 5.73 Å². The summed E-state index contributed by atoms with van der Waals surface area (Å²) in [5.74, 6) is 0. The van der Waals surface area contributed by atoms with E-state index in [4.69, 9.17) is 5.73 Å². The molecule has 0 heterocycles. The summed E-state index contributed by atoms with van der Waals surface area (Å²) >= 11 is 0. The molecule has 0 radical (unpaired) electrons. The molecular formula is C14H19F2N. The van der Waals surface area contributed by atoms with Crippen LogP contribution in [0.5, 0.6) is 0 Å². The normalized spacial score (nSPS) is 19.5. The number of hydrogen-bond donors (Lipinski definition) is 1. The second-order valence-electron chi connectivity index (χ2n) is 4.88. The Kier molecular flexibility index (Phi) is 3.77. The number of nitrogens with two attached hydrogens (primary N) is 1. The Balaban J connectivity index is 2.44. The molecule has 0 bridgehead atoms. The third kappa shape index (κ3) is 2.21. The van der Waals surface area contributed by atoms with E-state index in [1.165, 1.54) is 0 Å². The molecule has 0 saturated heterocycles. The molecule has 2 N–H and O–H groups in total. The van der Waals surface area contributed by atoms with Crippen molar-refractivity contribution in [2.75, 3.05) is 0 Å². The molecule has 3 heteroatoms. The van der Waals surface area contributed by atoms with Gasteiger partial charge in [-0.05, 0) is 24.0 Å². The summed E-state index contributed by atoms with van der Waals surface area (Å²) in [4.78, 5) is 0. The molecule has 1 aliphatic rings. The van der Waals surface area contributed by atoms with Crippen molar-refractivity contribution in [3.05, 3.63) is 35.4 Å². The number of benzene rings is 1. The van der Waals surface area contributed by atoms with Gasteiger partial charge in [0, 0.05) is 6.54 Å². The minimum absolute atomic E-state index is 0.338. The predicted molar refractivity (Wildman–Crippen MR) is 65.1 cm³/mol. The van der Waals surface area contributed by atoms with Crippen LogP contribution < -0.4 is 5.73 Å². The van der Waals surface area contributed by atoms with Gasteiger partial charge < -0.3 is 5.73 Å². The van der Waals surface area contributed by atoms with E-state index in [-0.39, 0.29) is 0 Å². The molecule has 2 rings (SSSR count). The van der Waals surface area contributed by atoms with Gasteiger partial charge in [0.05, 0.1) is 5.41 Å². The fourth-order valence-electron chi connectivity index (χ4n) is 2.97. The molecule has 1 fully saturated rings. The lowest BCUT2D eigenvalue weighted by atomic mass is 9.68. The van der Waals surface area contributed by atoms with Crippen LogP contribution in [0.1, 0.15) is 43.2 Å². The lowest BCUT2D eigenvalue weighted by molar-refractivity contribution is 0.0249. The summed E-state index contributed by atoms with van der Waals surface area (Å²) in [5, 5.41) is 0. The highest BCUT2D eigenvalue weighted by atomic mass is 19.3. The maximum Gasteiger partial charge on any atom is 0.248 e. The van der Waals surface area contributed by atoms with Crippen LogP contribution in [0.25, 0.3) is 0 Å². The molecule has 1 saturated carbocycles. The molecule has 0 unspecified atom stereocenters. The van der Waals surface area contributed by atoms with Crippen LogP contribution in [0, 0.1) is 0 Å². The van der Waals surface area contributed by atoms with Crippen molar-refractivity contribution in [1.29, 1.82) is 0 Å². The second kappa shape index (κ2) is 5.13. The Bertz CT molecular complexity index is 370. The molecule has 94 valence electrons. The van der Waals surface area contributed by atoms with Crippen molar-refractivity contribution in [3.63, 3.8) is 0 Å². The van der Waals surface area contributed by atoms with Crippen LogP contribution in [0.4, 0.5) is 8.78 Å². The number of rotatable bonds is 3. The van der Waals surface area contributed by atoms with Crippen molar-refractivity contribution in [1.82, 2.24) is 0 Å². The van der Waals surface area contributed by atoms with Gasteiger partial charge in [-0.3, -0.25) is 0 Å². The van der Waals surface area contributed by atoms with Gasteiger partial charge >= 0.3 is 0 Å². The summed E-state index contributed by atoms with van der Waals surface area (Å²) in [5.41, 5.74) is 6.37. The molecule has 1 aliphatic carbocycles. The first kappa shape index (κ1) is 12.5. The lowest BCUT2D eigenvalue weighted by Crippen LogP contribution is -2.37. The van der Waals surface area contributed by atoms with E-state index in [1.807, 2.05) is 24.3 Å². The highest BCUT2D eigenvalue weighted by molar-refractivity contribution is 5.35. The first-order valence-electron chi connectivity index (χ1n) is 6.27. The fourth-order valence-corrected chi connectivity index (χ4v) is 2.97. The van der Waals surface area contributed by atoms with E-state index in [2.05, 4.69) is 0 Å². The zero-order valence-corrected chi connectivity index (χ0v) is 9.96. The Morgan fingerprint density at radius 2 is 1.76 bits per heavy atom. The van der Waals surface area contributed by atoms with Crippen molar-refractivity contribution in [2.45, 2.75) is 50.5 Å². The van der Waals surface area contributed by atoms with Crippen LogP contribution in [0.2, 0.25) is 0 Å². The molecule has 17 heavy (non-hydrogen) atoms. The highest BCUT2D eigenvalue weighted by Crippen LogP contribution is 2.45. The monoisotopic (exact) mass is 239 g/mol. The summed E-state index contributed by atoms with van der Waals surface area (Å²) in [7, 11) is 0. The van der Waals surface area contributed by atoms with Gasteiger partial charge in [-0.2, -0.15) is 0 Å². The first-order valence-corrected chi connectivity index (χ1v) is 6.27. The fraction of sp³-hybridized carbons (Fsp3) is 0.571. The van der Waals surface area contributed by atoms with Crippen LogP contribution >= 0.6 is 0 Å². The maximum absolute atomic E-state index is 13.5. The van der Waals surface area contributed by atoms with Gasteiger partial charge in [0.1, 0.15) is 0 Å². The van der Waals surface area contributed by atoms with Gasteiger partial charge in [-0.15, -0.1) is 0 Å². The molecule has 1 nitrogen and oxygen atoms in total. The van der Waals surface area contributed by atoms with Crippen molar-refractivity contribution < 1.29 is 8.78 Å². The topological polar surface area (TPSA) is 26.0 Å². The SMILES string of the molecule is NCc1ccccc1C1(C(F)F)CCCCC1. The largest absolute Gasteiger partial charge is 0.326 e. The highest BCUT2D eigenvalue weighted by Gasteiger charge is 2.43. The van der Waals surface area contributed by atoms with Crippen LogP contribution in [-0.2, 0) is 12.0 Å². The zero-order valence-electron chi connectivity index (χ0n) is 9.96. The van der Waals surface area contributed by atoms with Crippen molar-refractivity contribution in [3.8, 4) is 0 Å². The predicted octanol–water partition coefficient (Wildman–Crippen LogP) is 3.61. The average molecular weight is 239 g/mol. The van der Waals surface area contributed by atoms with E-state index in [0.717, 1.165) is 30.4 Å². The molecule has 0 amide bonds. The lowest BCUT2D eigenvalue weighted by Gasteiger charge is -2.38. The quantitative estimate of drug-likeness (QED) is 0.856. The van der Waals surface area contributed by atoms with Gasteiger partial charge in [0.25, 0.3) is 0 Å². The average Bonchev–Trinajstić information content (AvgIpc) is 2.39. The molecule has 1 aromatic carbocycles. The first-order chi connectivity index (χ1) is 8.20. The van der Waals surface area contributed by atoms with E-state index < -0.39 is 11.8 Å². The van der Waals surface area contributed by atoms with E-state index in [1.54, 1.807) is 0 Å². The molecule has 0 spiro atoms. The number of alkyl halides is 2. The summed E-state index contributed by atoms with van der Waals surface area (Å²) < 4.78 is 27.1. The molecule has 0 atom stereocenters. The molecular weight excluding hydrogens is 220 g/mol. The third-order valence-corrected chi connectivity index (χ3v) is 3.94.